The Balaban J connectivity index is 2.11. The van der Waals surface area contributed by atoms with E-state index < -0.39 is 12.4 Å². The van der Waals surface area contributed by atoms with Gasteiger partial charge in [-0.1, -0.05) is 6.07 Å². The molecule has 1 heterocycles. The Labute approximate surface area is 125 Å². The van der Waals surface area contributed by atoms with Crippen LogP contribution in [0.3, 0.4) is 0 Å². The molecule has 0 radical (unpaired) electrons. The van der Waals surface area contributed by atoms with Gasteiger partial charge in [0.05, 0.1) is 12.1 Å². The predicted octanol–water partition coefficient (Wildman–Crippen LogP) is 2.29. The summed E-state index contributed by atoms with van der Waals surface area (Å²) in [5, 5.41) is 0. The first-order chi connectivity index (χ1) is 10.1. The Kier molecular flexibility index (Phi) is 5.60. The molecule has 1 aromatic carbocycles. The summed E-state index contributed by atoms with van der Waals surface area (Å²) in [5.74, 6) is 1.35. The summed E-state index contributed by atoms with van der Waals surface area (Å²) in [6.45, 7) is -1.59. The molecule has 0 aliphatic carbocycles. The van der Waals surface area contributed by atoms with Crippen molar-refractivity contribution in [3.63, 3.8) is 0 Å². The minimum Gasteiger partial charge on any atom is -0.434 e. The van der Waals surface area contributed by atoms with Gasteiger partial charge >= 0.3 is 6.61 Å². The fourth-order valence-corrected chi connectivity index (χ4v) is 2.85. The van der Waals surface area contributed by atoms with E-state index in [-0.39, 0.29) is 17.9 Å². The van der Waals surface area contributed by atoms with Crippen molar-refractivity contribution in [1.29, 1.82) is 0 Å². The van der Waals surface area contributed by atoms with Gasteiger partial charge in [-0.3, -0.25) is 0 Å². The van der Waals surface area contributed by atoms with Crippen molar-refractivity contribution in [1.82, 2.24) is 4.90 Å². The van der Waals surface area contributed by atoms with E-state index in [0.717, 1.165) is 24.6 Å². The maximum Gasteiger partial charge on any atom is 0.387 e. The Morgan fingerprint density at radius 2 is 2.10 bits per heavy atom. The summed E-state index contributed by atoms with van der Waals surface area (Å²) < 4.78 is 42.7. The molecule has 21 heavy (non-hydrogen) atoms. The van der Waals surface area contributed by atoms with Crippen LogP contribution in [0.2, 0.25) is 0 Å². The first-order valence-corrected chi connectivity index (χ1v) is 7.58. The highest BCUT2D eigenvalue weighted by atomic mass is 32.2. The second-order valence-corrected chi connectivity index (χ2v) is 5.59. The van der Waals surface area contributed by atoms with E-state index in [1.165, 1.54) is 18.2 Å². The third-order valence-electron chi connectivity index (χ3n) is 3.03. The van der Waals surface area contributed by atoms with Crippen LogP contribution in [0.15, 0.2) is 23.2 Å². The molecule has 0 amide bonds. The SMILES string of the molecule is NC(=NCc1c(F)cccc1OC(F)F)N1CCSCC1. The van der Waals surface area contributed by atoms with Gasteiger partial charge in [0.2, 0.25) is 0 Å². The Morgan fingerprint density at radius 3 is 2.76 bits per heavy atom. The van der Waals surface area contributed by atoms with Crippen LogP contribution in [-0.4, -0.2) is 42.1 Å². The van der Waals surface area contributed by atoms with Gasteiger partial charge in [0.25, 0.3) is 0 Å². The molecule has 2 rings (SSSR count). The van der Waals surface area contributed by atoms with Crippen LogP contribution < -0.4 is 10.5 Å². The number of hydrogen-bond donors (Lipinski definition) is 1. The van der Waals surface area contributed by atoms with Gasteiger partial charge < -0.3 is 15.4 Å². The molecule has 1 saturated heterocycles. The number of nitrogens with zero attached hydrogens (tertiary/aromatic N) is 2. The smallest absolute Gasteiger partial charge is 0.387 e. The van der Waals surface area contributed by atoms with Crippen LogP contribution in [0, 0.1) is 5.82 Å². The maximum atomic E-state index is 13.7. The van der Waals surface area contributed by atoms with E-state index in [4.69, 9.17) is 5.73 Å². The average molecular weight is 319 g/mol. The second-order valence-electron chi connectivity index (χ2n) is 4.37. The van der Waals surface area contributed by atoms with Crippen LogP contribution >= 0.6 is 11.8 Å². The molecule has 0 bridgehead atoms. The van der Waals surface area contributed by atoms with E-state index in [9.17, 15) is 13.2 Å². The van der Waals surface area contributed by atoms with Crippen LogP contribution in [0.25, 0.3) is 0 Å². The summed E-state index contributed by atoms with van der Waals surface area (Å²) in [5.41, 5.74) is 5.83. The van der Waals surface area contributed by atoms with E-state index >= 15 is 0 Å². The van der Waals surface area contributed by atoms with Crippen LogP contribution in [0.5, 0.6) is 5.75 Å². The molecule has 0 aromatic heterocycles. The topological polar surface area (TPSA) is 50.9 Å². The quantitative estimate of drug-likeness (QED) is 0.683. The largest absolute Gasteiger partial charge is 0.434 e. The second kappa shape index (κ2) is 7.44. The summed E-state index contributed by atoms with van der Waals surface area (Å²) in [7, 11) is 0. The number of benzene rings is 1. The normalized spacial score (nSPS) is 16.4. The van der Waals surface area contributed by atoms with Crippen molar-refractivity contribution in [2.45, 2.75) is 13.2 Å². The van der Waals surface area contributed by atoms with Crippen molar-refractivity contribution >= 4 is 17.7 Å². The van der Waals surface area contributed by atoms with E-state index in [0.29, 0.717) is 5.96 Å². The van der Waals surface area contributed by atoms with Gasteiger partial charge in [0, 0.05) is 24.6 Å². The van der Waals surface area contributed by atoms with Gasteiger partial charge in [0.15, 0.2) is 5.96 Å². The molecular weight excluding hydrogens is 303 g/mol. The van der Waals surface area contributed by atoms with Crippen molar-refractivity contribution in [2.75, 3.05) is 24.6 Å². The third kappa shape index (κ3) is 4.45. The zero-order valence-electron chi connectivity index (χ0n) is 11.3. The molecule has 0 saturated carbocycles. The van der Waals surface area contributed by atoms with Crippen molar-refractivity contribution < 1.29 is 17.9 Å². The summed E-state index contributed by atoms with van der Waals surface area (Å²) >= 11 is 1.83. The van der Waals surface area contributed by atoms with Crippen molar-refractivity contribution in [3.8, 4) is 5.75 Å². The number of alkyl halides is 2. The highest BCUT2D eigenvalue weighted by Crippen LogP contribution is 2.24. The fourth-order valence-electron chi connectivity index (χ4n) is 1.95. The lowest BCUT2D eigenvalue weighted by Gasteiger charge is -2.27. The monoisotopic (exact) mass is 319 g/mol. The average Bonchev–Trinajstić information content (AvgIpc) is 2.46. The lowest BCUT2D eigenvalue weighted by atomic mass is 10.2. The predicted molar refractivity (Wildman–Crippen MR) is 77.3 cm³/mol. The van der Waals surface area contributed by atoms with Gasteiger partial charge in [-0.25, -0.2) is 9.38 Å². The van der Waals surface area contributed by atoms with Gasteiger partial charge in [0.1, 0.15) is 11.6 Å². The number of thioether (sulfide) groups is 1. The molecule has 116 valence electrons. The number of hydrogen-bond acceptors (Lipinski definition) is 3. The zero-order valence-corrected chi connectivity index (χ0v) is 12.1. The first kappa shape index (κ1) is 15.8. The first-order valence-electron chi connectivity index (χ1n) is 6.42. The van der Waals surface area contributed by atoms with Crippen molar-refractivity contribution in [2.24, 2.45) is 10.7 Å². The Morgan fingerprint density at radius 1 is 1.38 bits per heavy atom. The van der Waals surface area contributed by atoms with Crippen molar-refractivity contribution in [3.05, 3.63) is 29.6 Å². The summed E-state index contributed by atoms with van der Waals surface area (Å²) in [6.07, 6.45) is 0. The number of guanidine groups is 1. The molecule has 1 aliphatic rings. The molecule has 0 unspecified atom stereocenters. The third-order valence-corrected chi connectivity index (χ3v) is 3.97. The molecule has 8 heteroatoms. The number of nitrogens with two attached hydrogens (primary N) is 1. The Bertz CT molecular complexity index is 507. The number of aliphatic imine (C=N–C) groups is 1. The van der Waals surface area contributed by atoms with Gasteiger partial charge in [-0.05, 0) is 12.1 Å². The standard InChI is InChI=1S/C13H16F3N3OS/c14-10-2-1-3-11(20-12(15)16)9(10)8-18-13(17)19-4-6-21-7-5-19/h1-3,12H,4-8H2,(H2,17,18). The molecule has 1 aliphatic heterocycles. The van der Waals surface area contributed by atoms with Gasteiger partial charge in [-0.15, -0.1) is 0 Å². The lowest BCUT2D eigenvalue weighted by molar-refractivity contribution is -0.0506. The van der Waals surface area contributed by atoms with E-state index in [1.54, 1.807) is 0 Å². The summed E-state index contributed by atoms with van der Waals surface area (Å²) in [4.78, 5) is 5.99. The molecular formula is C13H16F3N3OS. The molecule has 0 spiro atoms. The van der Waals surface area contributed by atoms with E-state index in [2.05, 4.69) is 9.73 Å². The highest BCUT2D eigenvalue weighted by Gasteiger charge is 2.15. The minimum atomic E-state index is -3.01. The molecule has 0 atom stereocenters. The van der Waals surface area contributed by atoms with Crippen LogP contribution in [0.1, 0.15) is 5.56 Å². The molecule has 1 aromatic rings. The number of halogens is 3. The molecule has 2 N–H and O–H groups in total. The maximum absolute atomic E-state index is 13.7. The van der Waals surface area contributed by atoms with Crippen LogP contribution in [0.4, 0.5) is 13.2 Å². The van der Waals surface area contributed by atoms with Crippen LogP contribution in [-0.2, 0) is 6.54 Å². The van der Waals surface area contributed by atoms with E-state index in [1.807, 2.05) is 16.7 Å². The van der Waals surface area contributed by atoms with Gasteiger partial charge in [-0.2, -0.15) is 20.5 Å². The molecule has 1 fully saturated rings. The zero-order chi connectivity index (χ0) is 15.2. The number of rotatable bonds is 4. The summed E-state index contributed by atoms with van der Waals surface area (Å²) in [6, 6.07) is 3.77. The lowest BCUT2D eigenvalue weighted by Crippen LogP contribution is -2.42. The highest BCUT2D eigenvalue weighted by molar-refractivity contribution is 7.99. The molecule has 4 nitrogen and oxygen atoms in total. The minimum absolute atomic E-state index is 0.0212. The fraction of sp³-hybridized carbons (Fsp3) is 0.462. The Hall–Kier alpha value is -1.57. The number of ether oxygens (including phenoxy) is 1.